The Hall–Kier alpha value is -1.17. The summed E-state index contributed by atoms with van der Waals surface area (Å²) in [5.74, 6) is -0.951. The molecular formula is C10H12F4N2. The molecule has 90 valence electrons. The average molecular weight is 236 g/mol. The Kier molecular flexibility index (Phi) is 4.23. The van der Waals surface area contributed by atoms with E-state index in [0.717, 1.165) is 18.5 Å². The molecule has 0 fully saturated rings. The highest BCUT2D eigenvalue weighted by atomic mass is 19.4. The Morgan fingerprint density at radius 1 is 1.44 bits per heavy atom. The molecule has 1 heterocycles. The van der Waals surface area contributed by atoms with Crippen LogP contribution in [0.2, 0.25) is 0 Å². The van der Waals surface area contributed by atoms with Gasteiger partial charge < -0.3 is 5.32 Å². The van der Waals surface area contributed by atoms with Crippen LogP contribution in [-0.2, 0) is 0 Å². The average Bonchev–Trinajstić information content (AvgIpc) is 2.19. The molecule has 0 bridgehead atoms. The number of hydrogen-bond acceptors (Lipinski definition) is 2. The second kappa shape index (κ2) is 5.25. The quantitative estimate of drug-likeness (QED) is 0.813. The number of aromatic nitrogens is 1. The summed E-state index contributed by atoms with van der Waals surface area (Å²) in [4.78, 5) is 3.42. The predicted molar refractivity (Wildman–Crippen MR) is 51.3 cm³/mol. The Morgan fingerprint density at radius 3 is 2.62 bits per heavy atom. The molecule has 1 aromatic heterocycles. The van der Waals surface area contributed by atoms with Crippen molar-refractivity contribution in [1.82, 2.24) is 10.3 Å². The van der Waals surface area contributed by atoms with Gasteiger partial charge in [-0.3, -0.25) is 4.98 Å². The number of hydrogen-bond donors (Lipinski definition) is 1. The van der Waals surface area contributed by atoms with Crippen molar-refractivity contribution >= 4 is 0 Å². The summed E-state index contributed by atoms with van der Waals surface area (Å²) in [6, 6.07) is -0.939. The van der Waals surface area contributed by atoms with Gasteiger partial charge in [-0.1, -0.05) is 6.92 Å². The van der Waals surface area contributed by atoms with Gasteiger partial charge in [0.1, 0.15) is 11.9 Å². The first kappa shape index (κ1) is 12.9. The molecule has 1 N–H and O–H groups in total. The molecule has 1 rings (SSSR count). The molecule has 0 saturated heterocycles. The van der Waals surface area contributed by atoms with Crippen LogP contribution < -0.4 is 5.32 Å². The molecule has 16 heavy (non-hydrogen) atoms. The summed E-state index contributed by atoms with van der Waals surface area (Å²) in [5.41, 5.74) is -0.420. The predicted octanol–water partition coefficient (Wildman–Crippen LogP) is 2.82. The molecule has 6 heteroatoms. The third kappa shape index (κ3) is 3.16. The minimum Gasteiger partial charge on any atom is -0.302 e. The van der Waals surface area contributed by atoms with Crippen LogP contribution in [0.4, 0.5) is 17.6 Å². The maximum atomic E-state index is 13.2. The molecule has 0 amide bonds. The fourth-order valence-corrected chi connectivity index (χ4v) is 1.31. The number of pyridine rings is 1. The summed E-state index contributed by atoms with van der Waals surface area (Å²) in [6.45, 7) is 1.91. The van der Waals surface area contributed by atoms with Gasteiger partial charge in [-0.2, -0.15) is 13.2 Å². The van der Waals surface area contributed by atoms with Crippen molar-refractivity contribution in [1.29, 1.82) is 0 Å². The SMILES string of the molecule is CCCNC(c1ccncc1F)C(F)(F)F. The Bertz CT molecular complexity index is 338. The van der Waals surface area contributed by atoms with Gasteiger partial charge in [0.2, 0.25) is 0 Å². The molecular weight excluding hydrogens is 224 g/mol. The lowest BCUT2D eigenvalue weighted by Crippen LogP contribution is -2.35. The lowest BCUT2D eigenvalue weighted by molar-refractivity contribution is -0.158. The van der Waals surface area contributed by atoms with Gasteiger partial charge in [-0.25, -0.2) is 4.39 Å². The third-order valence-corrected chi connectivity index (χ3v) is 2.04. The van der Waals surface area contributed by atoms with E-state index in [1.807, 2.05) is 0 Å². The number of nitrogens with one attached hydrogen (secondary N) is 1. The Morgan fingerprint density at radius 2 is 2.12 bits per heavy atom. The largest absolute Gasteiger partial charge is 0.408 e. The van der Waals surface area contributed by atoms with Crippen molar-refractivity contribution < 1.29 is 17.6 Å². The highest BCUT2D eigenvalue weighted by molar-refractivity contribution is 5.19. The molecule has 0 aliphatic rings. The summed E-state index contributed by atoms with van der Waals surface area (Å²) >= 11 is 0. The second-order valence-corrected chi connectivity index (χ2v) is 3.33. The number of alkyl halides is 3. The zero-order chi connectivity index (χ0) is 12.2. The molecule has 0 aliphatic heterocycles. The maximum Gasteiger partial charge on any atom is 0.408 e. The van der Waals surface area contributed by atoms with E-state index in [1.165, 1.54) is 0 Å². The minimum atomic E-state index is -4.52. The first-order chi connectivity index (χ1) is 7.46. The van der Waals surface area contributed by atoms with Crippen molar-refractivity contribution in [3.63, 3.8) is 0 Å². The lowest BCUT2D eigenvalue weighted by Gasteiger charge is -2.22. The van der Waals surface area contributed by atoms with Crippen molar-refractivity contribution in [3.05, 3.63) is 29.8 Å². The normalized spacial score (nSPS) is 13.8. The van der Waals surface area contributed by atoms with E-state index >= 15 is 0 Å². The van der Waals surface area contributed by atoms with Gasteiger partial charge in [-0.05, 0) is 19.0 Å². The Labute approximate surface area is 90.7 Å². The maximum absolute atomic E-state index is 13.2. The zero-order valence-electron chi connectivity index (χ0n) is 8.68. The number of rotatable bonds is 4. The monoisotopic (exact) mass is 236 g/mol. The molecule has 0 aromatic carbocycles. The summed E-state index contributed by atoms with van der Waals surface area (Å²) < 4.78 is 51.2. The molecule has 1 atom stereocenters. The first-order valence-electron chi connectivity index (χ1n) is 4.86. The molecule has 1 aromatic rings. The van der Waals surface area contributed by atoms with Crippen molar-refractivity contribution in [2.45, 2.75) is 25.6 Å². The summed E-state index contributed by atoms with van der Waals surface area (Å²) in [5, 5.41) is 2.27. The molecule has 1 unspecified atom stereocenters. The van der Waals surface area contributed by atoms with Gasteiger partial charge in [-0.15, -0.1) is 0 Å². The molecule has 0 radical (unpaired) electrons. The van der Waals surface area contributed by atoms with E-state index in [0.29, 0.717) is 6.42 Å². The van der Waals surface area contributed by atoms with Crippen LogP contribution in [0.25, 0.3) is 0 Å². The van der Waals surface area contributed by atoms with Gasteiger partial charge in [0.25, 0.3) is 0 Å². The zero-order valence-corrected chi connectivity index (χ0v) is 8.68. The van der Waals surface area contributed by atoms with E-state index in [2.05, 4.69) is 10.3 Å². The topological polar surface area (TPSA) is 24.9 Å². The summed E-state index contributed by atoms with van der Waals surface area (Å²) in [7, 11) is 0. The lowest BCUT2D eigenvalue weighted by atomic mass is 10.1. The number of nitrogens with zero attached hydrogens (tertiary/aromatic N) is 1. The Balaban J connectivity index is 2.97. The standard InChI is InChI=1S/C10H12F4N2/c1-2-4-16-9(10(12,13)14)7-3-5-15-6-8(7)11/h3,5-6,9,16H,2,4H2,1H3. The van der Waals surface area contributed by atoms with Crippen LogP contribution in [-0.4, -0.2) is 17.7 Å². The third-order valence-electron chi connectivity index (χ3n) is 2.04. The van der Waals surface area contributed by atoms with Gasteiger partial charge >= 0.3 is 6.18 Å². The minimum absolute atomic E-state index is 0.173. The van der Waals surface area contributed by atoms with E-state index in [-0.39, 0.29) is 6.54 Å². The molecule has 0 aliphatic carbocycles. The summed E-state index contributed by atoms with van der Waals surface area (Å²) in [6.07, 6.45) is -2.05. The van der Waals surface area contributed by atoms with Gasteiger partial charge in [0, 0.05) is 11.8 Å². The molecule has 2 nitrogen and oxygen atoms in total. The van der Waals surface area contributed by atoms with Crippen LogP contribution in [0.15, 0.2) is 18.5 Å². The second-order valence-electron chi connectivity index (χ2n) is 3.33. The van der Waals surface area contributed by atoms with E-state index in [9.17, 15) is 17.6 Å². The highest BCUT2D eigenvalue weighted by Gasteiger charge is 2.41. The molecule has 0 saturated carbocycles. The fourth-order valence-electron chi connectivity index (χ4n) is 1.31. The van der Waals surface area contributed by atoms with Crippen molar-refractivity contribution in [2.75, 3.05) is 6.54 Å². The van der Waals surface area contributed by atoms with Crippen LogP contribution in [0.3, 0.4) is 0 Å². The van der Waals surface area contributed by atoms with Crippen LogP contribution in [0.5, 0.6) is 0 Å². The first-order valence-corrected chi connectivity index (χ1v) is 4.86. The van der Waals surface area contributed by atoms with Gasteiger partial charge in [0.05, 0.1) is 6.20 Å². The van der Waals surface area contributed by atoms with E-state index < -0.39 is 23.6 Å². The van der Waals surface area contributed by atoms with Crippen molar-refractivity contribution in [3.8, 4) is 0 Å². The smallest absolute Gasteiger partial charge is 0.302 e. The van der Waals surface area contributed by atoms with Crippen LogP contribution in [0, 0.1) is 5.82 Å². The van der Waals surface area contributed by atoms with Crippen LogP contribution >= 0.6 is 0 Å². The number of halogens is 4. The van der Waals surface area contributed by atoms with E-state index in [1.54, 1.807) is 6.92 Å². The van der Waals surface area contributed by atoms with Crippen molar-refractivity contribution in [2.24, 2.45) is 0 Å². The molecule has 0 spiro atoms. The van der Waals surface area contributed by atoms with Crippen LogP contribution in [0.1, 0.15) is 24.9 Å². The van der Waals surface area contributed by atoms with Gasteiger partial charge in [0.15, 0.2) is 0 Å². The van der Waals surface area contributed by atoms with E-state index in [4.69, 9.17) is 0 Å². The fraction of sp³-hybridized carbons (Fsp3) is 0.500. The highest BCUT2D eigenvalue weighted by Crippen LogP contribution is 2.33.